The minimum Gasteiger partial charge on any atom is -0.387 e. The Hall–Kier alpha value is -1.88. The van der Waals surface area contributed by atoms with Crippen molar-refractivity contribution in [2.24, 2.45) is 5.92 Å². The van der Waals surface area contributed by atoms with Gasteiger partial charge in [0.25, 0.3) is 5.91 Å². The van der Waals surface area contributed by atoms with Gasteiger partial charge in [-0.2, -0.15) is 0 Å². The van der Waals surface area contributed by atoms with Gasteiger partial charge in [0.2, 0.25) is 0 Å². The average Bonchev–Trinajstić information content (AvgIpc) is 2.81. The average molecular weight is 316 g/mol. The summed E-state index contributed by atoms with van der Waals surface area (Å²) in [5, 5.41) is 13.2. The summed E-state index contributed by atoms with van der Waals surface area (Å²) in [6, 6.07) is 8.75. The number of nitrogens with one attached hydrogen (secondary N) is 1. The Morgan fingerprint density at radius 2 is 1.91 bits per heavy atom. The van der Waals surface area contributed by atoms with Crippen LogP contribution in [0.25, 0.3) is 0 Å². The Morgan fingerprint density at radius 3 is 2.52 bits per heavy atom. The van der Waals surface area contributed by atoms with Crippen LogP contribution in [0.15, 0.2) is 30.3 Å². The van der Waals surface area contributed by atoms with E-state index in [1.807, 2.05) is 18.2 Å². The first-order valence-corrected chi connectivity index (χ1v) is 8.43. The molecule has 2 N–H and O–H groups in total. The zero-order chi connectivity index (χ0) is 16.4. The molecule has 3 rings (SSSR count). The molecule has 1 aromatic rings. The third-order valence-corrected chi connectivity index (χ3v) is 5.32. The van der Waals surface area contributed by atoms with Crippen molar-refractivity contribution in [3.05, 3.63) is 35.9 Å². The van der Waals surface area contributed by atoms with Crippen LogP contribution >= 0.6 is 0 Å². The van der Waals surface area contributed by atoms with E-state index in [1.54, 1.807) is 12.1 Å². The molecule has 5 heteroatoms. The lowest BCUT2D eigenvalue weighted by Gasteiger charge is -2.34. The summed E-state index contributed by atoms with van der Waals surface area (Å²) < 4.78 is 0. The topological polar surface area (TPSA) is 69.6 Å². The number of benzene rings is 1. The number of urea groups is 1. The summed E-state index contributed by atoms with van der Waals surface area (Å²) >= 11 is 0. The molecule has 0 aromatic heterocycles. The van der Waals surface area contributed by atoms with Crippen LogP contribution in [0.4, 0.5) is 4.79 Å². The second kappa shape index (κ2) is 6.32. The number of aliphatic hydroxyl groups is 1. The van der Waals surface area contributed by atoms with Crippen molar-refractivity contribution in [1.82, 2.24) is 10.2 Å². The fraction of sp³-hybridized carbons (Fsp3) is 0.556. The number of nitrogens with zero attached hydrogens (tertiary/aromatic N) is 1. The number of amides is 3. The zero-order valence-corrected chi connectivity index (χ0v) is 13.5. The maximum atomic E-state index is 12.8. The predicted molar refractivity (Wildman–Crippen MR) is 86.6 cm³/mol. The number of aliphatic hydroxyl groups excluding tert-OH is 1. The van der Waals surface area contributed by atoms with Crippen LogP contribution in [0, 0.1) is 5.92 Å². The van der Waals surface area contributed by atoms with Gasteiger partial charge in [-0.25, -0.2) is 4.79 Å². The first kappa shape index (κ1) is 16.0. The molecule has 1 heterocycles. The quantitative estimate of drug-likeness (QED) is 0.839. The maximum absolute atomic E-state index is 12.8. The summed E-state index contributed by atoms with van der Waals surface area (Å²) in [4.78, 5) is 26.2. The fourth-order valence-electron chi connectivity index (χ4n) is 3.71. The Kier molecular flexibility index (Phi) is 4.39. The van der Waals surface area contributed by atoms with E-state index in [4.69, 9.17) is 0 Å². The van der Waals surface area contributed by atoms with Crippen molar-refractivity contribution in [2.45, 2.75) is 50.7 Å². The molecular formula is C18H24N2O3. The molecule has 0 radical (unpaired) electrons. The molecule has 1 aliphatic carbocycles. The lowest BCUT2D eigenvalue weighted by Crippen LogP contribution is -2.49. The van der Waals surface area contributed by atoms with Crippen LogP contribution in [0.5, 0.6) is 0 Å². The second-order valence-electron chi connectivity index (χ2n) is 6.71. The second-order valence-corrected chi connectivity index (χ2v) is 6.71. The lowest BCUT2D eigenvalue weighted by molar-refractivity contribution is -0.133. The molecule has 1 spiro atoms. The van der Waals surface area contributed by atoms with Crippen molar-refractivity contribution in [3.63, 3.8) is 0 Å². The van der Waals surface area contributed by atoms with Crippen LogP contribution < -0.4 is 5.32 Å². The third kappa shape index (κ3) is 2.98. The zero-order valence-electron chi connectivity index (χ0n) is 13.5. The van der Waals surface area contributed by atoms with E-state index in [9.17, 15) is 14.7 Å². The molecular weight excluding hydrogens is 292 g/mol. The van der Waals surface area contributed by atoms with Gasteiger partial charge < -0.3 is 10.4 Å². The van der Waals surface area contributed by atoms with E-state index in [0.29, 0.717) is 24.3 Å². The van der Waals surface area contributed by atoms with Crippen molar-refractivity contribution >= 4 is 11.9 Å². The van der Waals surface area contributed by atoms with Crippen LogP contribution in [0.2, 0.25) is 0 Å². The van der Waals surface area contributed by atoms with Crippen LogP contribution in [-0.4, -0.2) is 34.0 Å². The molecule has 5 nitrogen and oxygen atoms in total. The maximum Gasteiger partial charge on any atom is 0.325 e. The molecule has 2 fully saturated rings. The molecule has 1 saturated heterocycles. The number of carbonyl (C=O) groups excluding carboxylic acids is 2. The molecule has 0 unspecified atom stereocenters. The minimum atomic E-state index is -0.854. The third-order valence-electron chi connectivity index (χ3n) is 5.32. The summed E-state index contributed by atoms with van der Waals surface area (Å²) in [5.74, 6) is 0.473. The highest BCUT2D eigenvalue weighted by atomic mass is 16.3. The van der Waals surface area contributed by atoms with Gasteiger partial charge in [0.15, 0.2) is 0 Å². The molecule has 1 saturated carbocycles. The number of imide groups is 1. The van der Waals surface area contributed by atoms with E-state index in [0.717, 1.165) is 19.3 Å². The Balaban J connectivity index is 1.70. The number of hydrogen-bond acceptors (Lipinski definition) is 3. The van der Waals surface area contributed by atoms with Crippen molar-refractivity contribution in [1.29, 1.82) is 0 Å². The molecule has 2 aliphatic rings. The van der Waals surface area contributed by atoms with Gasteiger partial charge in [0.1, 0.15) is 5.54 Å². The van der Waals surface area contributed by atoms with Crippen LogP contribution in [0.1, 0.15) is 50.7 Å². The Labute approximate surface area is 136 Å². The van der Waals surface area contributed by atoms with Crippen LogP contribution in [-0.2, 0) is 4.79 Å². The van der Waals surface area contributed by atoms with Gasteiger partial charge in [0, 0.05) is 0 Å². The largest absolute Gasteiger partial charge is 0.387 e. The van der Waals surface area contributed by atoms with Crippen LogP contribution in [0.3, 0.4) is 0 Å². The summed E-state index contributed by atoms with van der Waals surface area (Å²) in [6.07, 6.45) is 3.61. The fourth-order valence-corrected chi connectivity index (χ4v) is 3.71. The minimum absolute atomic E-state index is 0.00758. The number of β-amino-alcohol motifs (C(OH)–C–C–N with tert-alkyl or cyclic N) is 1. The highest BCUT2D eigenvalue weighted by Gasteiger charge is 2.52. The molecule has 1 aliphatic heterocycles. The van der Waals surface area contributed by atoms with Gasteiger partial charge in [0.05, 0.1) is 12.6 Å². The highest BCUT2D eigenvalue weighted by Crippen LogP contribution is 2.38. The normalized spacial score (nSPS) is 29.0. The molecule has 1 aromatic carbocycles. The summed E-state index contributed by atoms with van der Waals surface area (Å²) in [6.45, 7) is 2.17. The number of carbonyl (C=O) groups is 2. The number of rotatable bonds is 4. The lowest BCUT2D eigenvalue weighted by atomic mass is 9.75. The standard InChI is InChI=1S/C18H24N2O3/c1-2-13-8-10-18(11-9-13)16(22)20(17(23)19-18)12-15(21)14-6-4-3-5-7-14/h3-7,13,15,21H,2,8-12H2,1H3,(H,19,23)/t13?,15-,18?/m1/s1. The molecule has 124 valence electrons. The predicted octanol–water partition coefficient (Wildman–Crippen LogP) is 2.61. The summed E-state index contributed by atoms with van der Waals surface area (Å²) in [5.41, 5.74) is -0.0251. The van der Waals surface area contributed by atoms with Gasteiger partial charge in [-0.1, -0.05) is 43.7 Å². The number of hydrogen-bond donors (Lipinski definition) is 2. The van der Waals surface area contributed by atoms with Gasteiger partial charge in [-0.05, 0) is 37.2 Å². The van der Waals surface area contributed by atoms with Gasteiger partial charge in [-0.15, -0.1) is 0 Å². The Morgan fingerprint density at radius 1 is 1.26 bits per heavy atom. The van der Waals surface area contributed by atoms with E-state index in [2.05, 4.69) is 12.2 Å². The van der Waals surface area contributed by atoms with Crippen molar-refractivity contribution < 1.29 is 14.7 Å². The van der Waals surface area contributed by atoms with E-state index < -0.39 is 11.6 Å². The SMILES string of the molecule is CCC1CCC2(CC1)NC(=O)N(C[C@@H](O)c1ccccc1)C2=O. The monoisotopic (exact) mass is 316 g/mol. The molecule has 23 heavy (non-hydrogen) atoms. The van der Waals surface area contributed by atoms with Crippen molar-refractivity contribution in [3.8, 4) is 0 Å². The Bertz CT molecular complexity index is 579. The van der Waals surface area contributed by atoms with Gasteiger partial charge in [-0.3, -0.25) is 9.69 Å². The van der Waals surface area contributed by atoms with Crippen molar-refractivity contribution in [2.75, 3.05) is 6.54 Å². The molecule has 0 bridgehead atoms. The smallest absolute Gasteiger partial charge is 0.325 e. The highest BCUT2D eigenvalue weighted by molar-refractivity contribution is 6.07. The first-order valence-electron chi connectivity index (χ1n) is 8.43. The first-order chi connectivity index (χ1) is 11.1. The van der Waals surface area contributed by atoms with Gasteiger partial charge >= 0.3 is 6.03 Å². The molecule has 3 amide bonds. The van der Waals surface area contributed by atoms with E-state index >= 15 is 0 Å². The summed E-state index contributed by atoms with van der Waals surface area (Å²) in [7, 11) is 0. The van der Waals surface area contributed by atoms with E-state index in [1.165, 1.54) is 4.90 Å². The van der Waals surface area contributed by atoms with E-state index in [-0.39, 0.29) is 18.5 Å². The molecule has 1 atom stereocenters.